The zero-order valence-electron chi connectivity index (χ0n) is 10.7. The van der Waals surface area contributed by atoms with Gasteiger partial charge < -0.3 is 4.57 Å². The van der Waals surface area contributed by atoms with Crippen LogP contribution in [0.2, 0.25) is 5.02 Å². The Balaban J connectivity index is 1.98. The Morgan fingerprint density at radius 3 is 2.85 bits per heavy atom. The number of imidazole rings is 1. The van der Waals surface area contributed by atoms with Crippen molar-refractivity contribution in [3.63, 3.8) is 0 Å². The Bertz CT molecular complexity index is 755. The molecule has 1 unspecified atom stereocenters. The van der Waals surface area contributed by atoms with Crippen molar-refractivity contribution in [2.75, 3.05) is 11.5 Å². The summed E-state index contributed by atoms with van der Waals surface area (Å²) in [6, 6.07) is 5.52. The van der Waals surface area contributed by atoms with E-state index in [4.69, 9.17) is 23.2 Å². The van der Waals surface area contributed by atoms with Gasteiger partial charge in [-0.1, -0.05) is 11.6 Å². The lowest BCUT2D eigenvalue weighted by molar-refractivity contribution is 0.490. The first-order valence-electron chi connectivity index (χ1n) is 6.39. The quantitative estimate of drug-likeness (QED) is 0.812. The van der Waals surface area contributed by atoms with Crippen LogP contribution in [0.25, 0.3) is 11.0 Å². The van der Waals surface area contributed by atoms with Gasteiger partial charge in [0, 0.05) is 11.6 Å². The fourth-order valence-corrected chi connectivity index (χ4v) is 4.95. The van der Waals surface area contributed by atoms with E-state index in [1.165, 1.54) is 0 Å². The van der Waals surface area contributed by atoms with Crippen molar-refractivity contribution in [3.05, 3.63) is 29.0 Å². The molecular formula is C13H14Cl2N2O2S. The molecule has 1 saturated heterocycles. The molecular weight excluding hydrogens is 319 g/mol. The lowest BCUT2D eigenvalue weighted by Crippen LogP contribution is -2.14. The summed E-state index contributed by atoms with van der Waals surface area (Å²) in [7, 11) is -2.87. The molecule has 1 fully saturated rings. The summed E-state index contributed by atoms with van der Waals surface area (Å²) < 4.78 is 25.1. The standard InChI is InChI=1S/C13H14Cl2N2O2S/c14-6-13-16-11-5-10(15)1-2-12(11)17(13)7-9-3-4-20(18,19)8-9/h1-2,5,9H,3-4,6-8H2. The maximum atomic E-state index is 11.6. The molecule has 20 heavy (non-hydrogen) atoms. The minimum atomic E-state index is -2.87. The van der Waals surface area contributed by atoms with E-state index in [0.29, 0.717) is 23.9 Å². The average Bonchev–Trinajstić information content (AvgIpc) is 2.90. The lowest BCUT2D eigenvalue weighted by Gasteiger charge is -2.12. The maximum absolute atomic E-state index is 11.6. The van der Waals surface area contributed by atoms with Gasteiger partial charge in [-0.3, -0.25) is 0 Å². The predicted molar refractivity (Wildman–Crippen MR) is 81.1 cm³/mol. The Labute approximate surface area is 127 Å². The number of aromatic nitrogens is 2. The van der Waals surface area contributed by atoms with Gasteiger partial charge >= 0.3 is 0 Å². The van der Waals surface area contributed by atoms with Crippen LogP contribution >= 0.6 is 23.2 Å². The van der Waals surface area contributed by atoms with Gasteiger partial charge in [-0.15, -0.1) is 11.6 Å². The number of halogens is 2. The first kappa shape index (κ1) is 14.2. The molecule has 3 rings (SSSR count). The number of sulfone groups is 1. The summed E-state index contributed by atoms with van der Waals surface area (Å²) >= 11 is 11.9. The van der Waals surface area contributed by atoms with Gasteiger partial charge in [0.15, 0.2) is 9.84 Å². The van der Waals surface area contributed by atoms with Crippen LogP contribution in [0.5, 0.6) is 0 Å². The molecule has 7 heteroatoms. The van der Waals surface area contributed by atoms with Gasteiger partial charge in [0.1, 0.15) is 5.82 Å². The molecule has 2 aromatic rings. The second-order valence-corrected chi connectivity index (χ2v) is 8.11. The number of fused-ring (bicyclic) bond motifs is 1. The molecule has 1 aromatic heterocycles. The van der Waals surface area contributed by atoms with E-state index in [9.17, 15) is 8.42 Å². The highest BCUT2D eigenvalue weighted by atomic mass is 35.5. The smallest absolute Gasteiger partial charge is 0.150 e. The molecule has 1 atom stereocenters. The minimum Gasteiger partial charge on any atom is -0.327 e. The van der Waals surface area contributed by atoms with Crippen molar-refractivity contribution in [2.24, 2.45) is 5.92 Å². The molecule has 108 valence electrons. The van der Waals surface area contributed by atoms with E-state index < -0.39 is 9.84 Å². The number of alkyl halides is 1. The van der Waals surface area contributed by atoms with Gasteiger partial charge in [-0.05, 0) is 30.5 Å². The number of hydrogen-bond acceptors (Lipinski definition) is 3. The van der Waals surface area contributed by atoms with Crippen LogP contribution in [-0.2, 0) is 22.3 Å². The lowest BCUT2D eigenvalue weighted by atomic mass is 10.1. The monoisotopic (exact) mass is 332 g/mol. The average molecular weight is 333 g/mol. The van der Waals surface area contributed by atoms with Crippen LogP contribution in [0.15, 0.2) is 18.2 Å². The second-order valence-electron chi connectivity index (χ2n) is 5.17. The molecule has 1 aromatic carbocycles. The highest BCUT2D eigenvalue weighted by Gasteiger charge is 2.29. The third-order valence-electron chi connectivity index (χ3n) is 3.68. The maximum Gasteiger partial charge on any atom is 0.150 e. The zero-order valence-corrected chi connectivity index (χ0v) is 13.0. The SMILES string of the molecule is O=S1(=O)CCC(Cn2c(CCl)nc3cc(Cl)ccc32)C1. The molecule has 0 N–H and O–H groups in total. The third kappa shape index (κ3) is 2.67. The van der Waals surface area contributed by atoms with Gasteiger partial charge in [-0.2, -0.15) is 0 Å². The van der Waals surface area contributed by atoms with E-state index in [1.54, 1.807) is 6.07 Å². The van der Waals surface area contributed by atoms with E-state index in [0.717, 1.165) is 16.9 Å². The van der Waals surface area contributed by atoms with E-state index in [2.05, 4.69) is 4.98 Å². The number of hydrogen-bond donors (Lipinski definition) is 0. The molecule has 0 amide bonds. The first-order chi connectivity index (χ1) is 9.48. The van der Waals surface area contributed by atoms with Crippen LogP contribution in [-0.4, -0.2) is 29.5 Å². The highest BCUT2D eigenvalue weighted by molar-refractivity contribution is 7.91. The zero-order chi connectivity index (χ0) is 14.3. The van der Waals surface area contributed by atoms with Crippen molar-refractivity contribution in [1.29, 1.82) is 0 Å². The third-order valence-corrected chi connectivity index (χ3v) is 5.99. The Morgan fingerprint density at radius 2 is 2.20 bits per heavy atom. The van der Waals surface area contributed by atoms with E-state index >= 15 is 0 Å². The van der Waals surface area contributed by atoms with Crippen LogP contribution in [0.4, 0.5) is 0 Å². The van der Waals surface area contributed by atoms with Crippen molar-refractivity contribution < 1.29 is 8.42 Å². The first-order valence-corrected chi connectivity index (χ1v) is 9.13. The Hall–Kier alpha value is -0.780. The molecule has 4 nitrogen and oxygen atoms in total. The van der Waals surface area contributed by atoms with Gasteiger partial charge in [-0.25, -0.2) is 13.4 Å². The van der Waals surface area contributed by atoms with Crippen LogP contribution < -0.4 is 0 Å². The minimum absolute atomic E-state index is 0.134. The predicted octanol–water partition coefficient (Wildman–Crippen LogP) is 2.86. The normalized spacial score (nSPS) is 21.6. The molecule has 0 radical (unpaired) electrons. The number of rotatable bonds is 3. The highest BCUT2D eigenvalue weighted by Crippen LogP contribution is 2.26. The van der Waals surface area contributed by atoms with Crippen molar-refractivity contribution in [1.82, 2.24) is 9.55 Å². The second kappa shape index (κ2) is 5.20. The molecule has 0 spiro atoms. The molecule has 1 aliphatic rings. The summed E-state index contributed by atoms with van der Waals surface area (Å²) in [5, 5.41) is 0.631. The van der Waals surface area contributed by atoms with Crippen LogP contribution in [0.3, 0.4) is 0 Å². The number of benzene rings is 1. The summed E-state index contributed by atoms with van der Waals surface area (Å²) in [6.45, 7) is 0.638. The molecule has 0 bridgehead atoms. The Morgan fingerprint density at radius 1 is 1.40 bits per heavy atom. The van der Waals surface area contributed by atoms with Gasteiger partial charge in [0.25, 0.3) is 0 Å². The van der Waals surface area contributed by atoms with Crippen molar-refractivity contribution in [3.8, 4) is 0 Å². The van der Waals surface area contributed by atoms with Crippen LogP contribution in [0, 0.1) is 5.92 Å². The number of nitrogens with zero attached hydrogens (tertiary/aromatic N) is 2. The van der Waals surface area contributed by atoms with Crippen molar-refractivity contribution in [2.45, 2.75) is 18.8 Å². The van der Waals surface area contributed by atoms with Crippen molar-refractivity contribution >= 4 is 44.1 Å². The van der Waals surface area contributed by atoms with E-state index in [1.807, 2.05) is 16.7 Å². The molecule has 1 aliphatic heterocycles. The van der Waals surface area contributed by atoms with E-state index in [-0.39, 0.29) is 17.4 Å². The molecule has 0 saturated carbocycles. The van der Waals surface area contributed by atoms with Gasteiger partial charge in [0.05, 0.1) is 28.4 Å². The Kier molecular flexibility index (Phi) is 3.69. The summed E-state index contributed by atoms with van der Waals surface area (Å²) in [5.74, 6) is 1.73. The molecule has 2 heterocycles. The summed E-state index contributed by atoms with van der Waals surface area (Å²) in [4.78, 5) is 4.47. The largest absolute Gasteiger partial charge is 0.327 e. The molecule has 0 aliphatic carbocycles. The van der Waals surface area contributed by atoms with Gasteiger partial charge in [0.2, 0.25) is 0 Å². The fourth-order valence-electron chi connectivity index (χ4n) is 2.73. The fraction of sp³-hybridized carbons (Fsp3) is 0.462. The topological polar surface area (TPSA) is 52.0 Å². The van der Waals surface area contributed by atoms with Crippen LogP contribution in [0.1, 0.15) is 12.2 Å². The summed E-state index contributed by atoms with van der Waals surface area (Å²) in [6.07, 6.45) is 0.706. The summed E-state index contributed by atoms with van der Waals surface area (Å²) in [5.41, 5.74) is 1.75.